The molecule has 0 aliphatic rings. The van der Waals surface area contributed by atoms with Crippen LogP contribution in [0.15, 0.2) is 18.5 Å². The second kappa shape index (κ2) is 4.39. The van der Waals surface area contributed by atoms with Gasteiger partial charge in [0.15, 0.2) is 0 Å². The molecule has 0 amide bonds. The molecule has 1 heterocycles. The van der Waals surface area contributed by atoms with E-state index >= 15 is 0 Å². The van der Waals surface area contributed by atoms with Gasteiger partial charge >= 0.3 is 0 Å². The van der Waals surface area contributed by atoms with Gasteiger partial charge < -0.3 is 15.6 Å². The van der Waals surface area contributed by atoms with E-state index in [2.05, 4.69) is 4.98 Å². The van der Waals surface area contributed by atoms with Gasteiger partial charge in [0.2, 0.25) is 0 Å². The van der Waals surface area contributed by atoms with Crippen molar-refractivity contribution in [3.05, 3.63) is 24.0 Å². The largest absolute Gasteiger partial charge is 0.398 e. The molecular formula is C10H16N2O2. The number of hydrogen-bond acceptors (Lipinski definition) is 4. The number of pyridine rings is 1. The van der Waals surface area contributed by atoms with Gasteiger partial charge in [0.05, 0.1) is 6.61 Å². The van der Waals surface area contributed by atoms with E-state index in [4.69, 9.17) is 10.5 Å². The maximum Gasteiger partial charge on any atom is 0.116 e. The highest BCUT2D eigenvalue weighted by molar-refractivity contribution is 5.47. The third-order valence-corrected chi connectivity index (χ3v) is 2.32. The summed E-state index contributed by atoms with van der Waals surface area (Å²) in [6.07, 6.45) is 3.72. The fourth-order valence-corrected chi connectivity index (χ4v) is 1.40. The first-order chi connectivity index (χ1) is 6.64. The van der Waals surface area contributed by atoms with Crippen molar-refractivity contribution in [1.82, 2.24) is 4.98 Å². The van der Waals surface area contributed by atoms with E-state index in [1.54, 1.807) is 25.6 Å². The lowest BCUT2D eigenvalue weighted by atomic mass is 9.92. The Morgan fingerprint density at radius 3 is 2.86 bits per heavy atom. The molecule has 1 aromatic rings. The summed E-state index contributed by atoms with van der Waals surface area (Å²) in [5, 5.41) is 10.2. The van der Waals surface area contributed by atoms with Crippen LogP contribution in [-0.4, -0.2) is 23.8 Å². The normalized spacial score (nSPS) is 15.1. The molecule has 4 heteroatoms. The Morgan fingerprint density at radius 2 is 2.36 bits per heavy atom. The smallest absolute Gasteiger partial charge is 0.116 e. The molecule has 0 radical (unpaired) electrons. The topological polar surface area (TPSA) is 68.4 Å². The first kappa shape index (κ1) is 10.9. The van der Waals surface area contributed by atoms with Gasteiger partial charge in [-0.2, -0.15) is 0 Å². The Balaban J connectivity index is 3.05. The maximum atomic E-state index is 10.2. The van der Waals surface area contributed by atoms with E-state index in [9.17, 15) is 5.11 Å². The summed E-state index contributed by atoms with van der Waals surface area (Å²) < 4.78 is 4.97. The third kappa shape index (κ3) is 2.02. The number of ether oxygens (including phenoxy) is 1. The predicted octanol–water partition coefficient (Wildman–Crippen LogP) is 0.908. The summed E-state index contributed by atoms with van der Waals surface area (Å²) in [5.41, 5.74) is 5.89. The fourth-order valence-electron chi connectivity index (χ4n) is 1.40. The minimum atomic E-state index is -1.03. The minimum Gasteiger partial charge on any atom is -0.398 e. The van der Waals surface area contributed by atoms with Crippen LogP contribution in [-0.2, 0) is 10.3 Å². The predicted molar refractivity (Wildman–Crippen MR) is 54.7 cm³/mol. The molecule has 78 valence electrons. The summed E-state index contributed by atoms with van der Waals surface area (Å²) in [5.74, 6) is 0. The van der Waals surface area contributed by atoms with Crippen LogP contribution in [0.5, 0.6) is 0 Å². The number of hydrogen-bond donors (Lipinski definition) is 2. The second-order valence-corrected chi connectivity index (χ2v) is 3.28. The zero-order valence-electron chi connectivity index (χ0n) is 8.53. The van der Waals surface area contributed by atoms with Crippen molar-refractivity contribution in [3.63, 3.8) is 0 Å². The number of nitrogens with two attached hydrogens (primary N) is 1. The van der Waals surface area contributed by atoms with Crippen molar-refractivity contribution in [2.45, 2.75) is 18.9 Å². The van der Waals surface area contributed by atoms with Gasteiger partial charge in [0, 0.05) is 30.8 Å². The lowest BCUT2D eigenvalue weighted by Crippen LogP contribution is -2.31. The lowest BCUT2D eigenvalue weighted by molar-refractivity contribution is -0.0382. The third-order valence-electron chi connectivity index (χ3n) is 2.32. The summed E-state index contributed by atoms with van der Waals surface area (Å²) in [6, 6.07) is 1.67. The van der Waals surface area contributed by atoms with Crippen LogP contribution >= 0.6 is 0 Å². The number of nitrogens with zero attached hydrogens (tertiary/aromatic N) is 1. The molecule has 0 bridgehead atoms. The Bertz CT molecular complexity index is 304. The molecule has 0 aromatic carbocycles. The first-order valence-electron chi connectivity index (χ1n) is 4.55. The number of methoxy groups -OCH3 is 1. The van der Waals surface area contributed by atoms with Gasteiger partial charge in [-0.05, 0) is 12.5 Å². The molecule has 0 aliphatic carbocycles. The Labute approximate surface area is 83.7 Å². The van der Waals surface area contributed by atoms with Crippen molar-refractivity contribution in [2.24, 2.45) is 0 Å². The van der Waals surface area contributed by atoms with Crippen molar-refractivity contribution in [1.29, 1.82) is 0 Å². The van der Waals surface area contributed by atoms with Crippen molar-refractivity contribution >= 4 is 5.69 Å². The van der Waals surface area contributed by atoms with Crippen molar-refractivity contribution < 1.29 is 9.84 Å². The standard InChI is InChI=1S/C10H16N2O2/c1-3-10(13,7-14-2)8-6-12-5-4-9(8)11/h4-6,13H,3,7H2,1-2H3,(H2,11,12). The van der Waals surface area contributed by atoms with Crippen molar-refractivity contribution in [2.75, 3.05) is 19.5 Å². The summed E-state index contributed by atoms with van der Waals surface area (Å²) >= 11 is 0. The molecule has 0 saturated carbocycles. The molecular weight excluding hydrogens is 180 g/mol. The molecule has 0 fully saturated rings. The first-order valence-corrected chi connectivity index (χ1v) is 4.55. The fraction of sp³-hybridized carbons (Fsp3) is 0.500. The van der Waals surface area contributed by atoms with Crippen LogP contribution in [0.4, 0.5) is 5.69 Å². The van der Waals surface area contributed by atoms with Crippen molar-refractivity contribution in [3.8, 4) is 0 Å². The number of aliphatic hydroxyl groups is 1. The highest BCUT2D eigenvalue weighted by Crippen LogP contribution is 2.28. The zero-order chi connectivity index (χ0) is 10.6. The van der Waals surface area contributed by atoms with Gasteiger partial charge in [-0.15, -0.1) is 0 Å². The number of anilines is 1. The van der Waals surface area contributed by atoms with Gasteiger partial charge in [-0.3, -0.25) is 4.98 Å². The molecule has 0 aliphatic heterocycles. The maximum absolute atomic E-state index is 10.2. The van der Waals surface area contributed by atoms with Crippen LogP contribution in [0.25, 0.3) is 0 Å². The monoisotopic (exact) mass is 196 g/mol. The van der Waals surface area contributed by atoms with E-state index in [0.717, 1.165) is 0 Å². The molecule has 4 nitrogen and oxygen atoms in total. The Hall–Kier alpha value is -1.13. The summed E-state index contributed by atoms with van der Waals surface area (Å²) in [6.45, 7) is 2.10. The van der Waals surface area contributed by atoms with E-state index in [1.807, 2.05) is 6.92 Å². The van der Waals surface area contributed by atoms with Crippen LogP contribution in [0.2, 0.25) is 0 Å². The lowest BCUT2D eigenvalue weighted by Gasteiger charge is -2.27. The van der Waals surface area contributed by atoms with E-state index < -0.39 is 5.60 Å². The molecule has 1 aromatic heterocycles. The average molecular weight is 196 g/mol. The van der Waals surface area contributed by atoms with Gasteiger partial charge in [0.25, 0.3) is 0 Å². The molecule has 3 N–H and O–H groups in total. The van der Waals surface area contributed by atoms with E-state index in [1.165, 1.54) is 0 Å². The van der Waals surface area contributed by atoms with Crippen LogP contribution in [0, 0.1) is 0 Å². The second-order valence-electron chi connectivity index (χ2n) is 3.28. The highest BCUT2D eigenvalue weighted by Gasteiger charge is 2.29. The average Bonchev–Trinajstić information content (AvgIpc) is 2.18. The molecule has 0 saturated heterocycles. The molecule has 14 heavy (non-hydrogen) atoms. The summed E-state index contributed by atoms with van der Waals surface area (Å²) in [7, 11) is 1.55. The molecule has 1 atom stereocenters. The zero-order valence-corrected chi connectivity index (χ0v) is 8.53. The van der Waals surface area contributed by atoms with Gasteiger partial charge in [-0.25, -0.2) is 0 Å². The minimum absolute atomic E-state index is 0.222. The van der Waals surface area contributed by atoms with Gasteiger partial charge in [-0.1, -0.05) is 6.92 Å². The molecule has 1 unspecified atom stereocenters. The number of rotatable bonds is 4. The molecule has 1 rings (SSSR count). The van der Waals surface area contributed by atoms with Crippen LogP contribution in [0.3, 0.4) is 0 Å². The van der Waals surface area contributed by atoms with Gasteiger partial charge in [0.1, 0.15) is 5.60 Å². The SMILES string of the molecule is CCC(O)(COC)c1cnccc1N. The quantitative estimate of drug-likeness (QED) is 0.751. The number of aromatic nitrogens is 1. The Kier molecular flexibility index (Phi) is 3.43. The number of nitrogen functional groups attached to an aromatic ring is 1. The van der Waals surface area contributed by atoms with E-state index in [0.29, 0.717) is 17.7 Å². The van der Waals surface area contributed by atoms with E-state index in [-0.39, 0.29) is 6.61 Å². The van der Waals surface area contributed by atoms with Crippen LogP contribution in [0.1, 0.15) is 18.9 Å². The van der Waals surface area contributed by atoms with Crippen LogP contribution < -0.4 is 5.73 Å². The highest BCUT2D eigenvalue weighted by atomic mass is 16.5. The Morgan fingerprint density at radius 1 is 1.64 bits per heavy atom. The summed E-state index contributed by atoms with van der Waals surface area (Å²) in [4.78, 5) is 3.95. The molecule has 0 spiro atoms.